The molecule has 5 heteroatoms. The van der Waals surface area contributed by atoms with Crippen LogP contribution in [0.1, 0.15) is 31.0 Å². The molecule has 4 unspecified atom stereocenters. The number of nitrogens with one attached hydrogen (secondary N) is 1. The van der Waals surface area contributed by atoms with E-state index in [0.717, 1.165) is 24.1 Å². The Hall–Kier alpha value is -2.30. The van der Waals surface area contributed by atoms with Gasteiger partial charge < -0.3 is 15.0 Å². The van der Waals surface area contributed by atoms with Crippen LogP contribution in [0.5, 0.6) is 0 Å². The van der Waals surface area contributed by atoms with E-state index in [2.05, 4.69) is 17.1 Å². The number of amides is 1. The molecular formula is C19H20N2O3. The molecule has 1 aliphatic carbocycles. The molecule has 2 aromatic rings. The first-order chi connectivity index (χ1) is 11.5. The molecule has 3 heterocycles. The van der Waals surface area contributed by atoms with Gasteiger partial charge in [-0.05, 0) is 30.4 Å². The second kappa shape index (κ2) is 4.41. The molecule has 2 aliphatic heterocycles. The lowest BCUT2D eigenvalue weighted by Crippen LogP contribution is -2.49. The molecule has 1 spiro atoms. The Morgan fingerprint density at radius 1 is 1.38 bits per heavy atom. The maximum atomic E-state index is 12.6. The number of H-pyrrole nitrogens is 1. The third-order valence-corrected chi connectivity index (χ3v) is 6.59. The SMILES string of the molecule is CC1CC23c4[nH]c5ccccc5c4CCN2C(=O)CC3C1C(=O)O. The minimum atomic E-state index is -0.762. The van der Waals surface area contributed by atoms with Gasteiger partial charge in [-0.25, -0.2) is 0 Å². The second-order valence-electron chi connectivity index (χ2n) is 7.60. The third kappa shape index (κ3) is 1.46. The number of hydrogen-bond acceptors (Lipinski definition) is 2. The summed E-state index contributed by atoms with van der Waals surface area (Å²) in [6.07, 6.45) is 1.93. The molecule has 124 valence electrons. The molecular weight excluding hydrogens is 304 g/mol. The average Bonchev–Trinajstić information content (AvgIpc) is 3.13. The van der Waals surface area contributed by atoms with Crippen molar-refractivity contribution in [2.75, 3.05) is 6.54 Å². The van der Waals surface area contributed by atoms with Gasteiger partial charge in [-0.2, -0.15) is 0 Å². The Kier molecular flexibility index (Phi) is 2.58. The van der Waals surface area contributed by atoms with E-state index < -0.39 is 17.4 Å². The van der Waals surface area contributed by atoms with Crippen molar-refractivity contribution < 1.29 is 14.7 Å². The average molecular weight is 324 g/mol. The molecule has 4 atom stereocenters. The fourth-order valence-corrected chi connectivity index (χ4v) is 5.80. The summed E-state index contributed by atoms with van der Waals surface area (Å²) in [6.45, 7) is 2.72. The standard InChI is InChI=1S/C19H20N2O3/c1-10-9-19-13(16(10)18(23)24)8-15(22)21(19)7-6-12-11-4-2-3-5-14(11)20-17(12)19/h2-5,10,13,16,20H,6-9H2,1H3,(H,23,24). The van der Waals surface area contributed by atoms with Gasteiger partial charge in [-0.1, -0.05) is 25.1 Å². The summed E-state index contributed by atoms with van der Waals surface area (Å²) in [5, 5.41) is 11.0. The topological polar surface area (TPSA) is 73.4 Å². The number of carboxylic acids is 1. The number of carbonyl (C=O) groups excluding carboxylic acids is 1. The summed E-state index contributed by atoms with van der Waals surface area (Å²) in [7, 11) is 0. The molecule has 24 heavy (non-hydrogen) atoms. The number of benzene rings is 1. The second-order valence-corrected chi connectivity index (χ2v) is 7.60. The van der Waals surface area contributed by atoms with Crippen molar-refractivity contribution in [1.82, 2.24) is 9.88 Å². The van der Waals surface area contributed by atoms with Crippen molar-refractivity contribution in [3.8, 4) is 0 Å². The van der Waals surface area contributed by atoms with Crippen LogP contribution in [0, 0.1) is 17.8 Å². The van der Waals surface area contributed by atoms with Crippen LogP contribution in [0.2, 0.25) is 0 Å². The molecule has 3 aliphatic rings. The number of nitrogens with zero attached hydrogens (tertiary/aromatic N) is 1. The van der Waals surface area contributed by atoms with Crippen LogP contribution < -0.4 is 0 Å². The number of carboxylic acid groups (broad SMARTS) is 1. The fraction of sp³-hybridized carbons (Fsp3) is 0.474. The van der Waals surface area contributed by atoms with E-state index in [4.69, 9.17) is 0 Å². The van der Waals surface area contributed by atoms with Crippen LogP contribution in [-0.4, -0.2) is 33.4 Å². The Balaban J connectivity index is 1.78. The van der Waals surface area contributed by atoms with Crippen molar-refractivity contribution in [1.29, 1.82) is 0 Å². The highest BCUT2D eigenvalue weighted by molar-refractivity contribution is 5.89. The number of carbonyl (C=O) groups is 2. The number of aromatic nitrogens is 1. The van der Waals surface area contributed by atoms with Gasteiger partial charge in [0.1, 0.15) is 0 Å². The number of para-hydroxylation sites is 1. The molecule has 5 rings (SSSR count). The smallest absolute Gasteiger partial charge is 0.307 e. The highest BCUT2D eigenvalue weighted by Gasteiger charge is 2.65. The van der Waals surface area contributed by atoms with Gasteiger partial charge in [0.25, 0.3) is 0 Å². The molecule has 1 aromatic carbocycles. The zero-order valence-corrected chi connectivity index (χ0v) is 13.6. The molecule has 2 fully saturated rings. The van der Waals surface area contributed by atoms with E-state index >= 15 is 0 Å². The van der Waals surface area contributed by atoms with E-state index in [-0.39, 0.29) is 17.7 Å². The van der Waals surface area contributed by atoms with Crippen molar-refractivity contribution in [3.63, 3.8) is 0 Å². The van der Waals surface area contributed by atoms with Gasteiger partial charge in [-0.15, -0.1) is 0 Å². The van der Waals surface area contributed by atoms with E-state index in [0.29, 0.717) is 13.0 Å². The maximum Gasteiger partial charge on any atom is 0.307 e. The summed E-state index contributed by atoms with van der Waals surface area (Å²) >= 11 is 0. The predicted octanol–water partition coefficient (Wildman–Crippen LogP) is 2.51. The number of aromatic amines is 1. The maximum absolute atomic E-state index is 12.6. The van der Waals surface area contributed by atoms with E-state index in [1.807, 2.05) is 24.0 Å². The first kappa shape index (κ1) is 14.1. The van der Waals surface area contributed by atoms with Gasteiger partial charge >= 0.3 is 5.97 Å². The molecule has 0 radical (unpaired) electrons. The van der Waals surface area contributed by atoms with E-state index in [1.165, 1.54) is 10.9 Å². The Bertz CT molecular complexity index is 886. The number of rotatable bonds is 1. The minimum absolute atomic E-state index is 0.0699. The summed E-state index contributed by atoms with van der Waals surface area (Å²) in [5.74, 6) is -1.16. The predicted molar refractivity (Wildman–Crippen MR) is 88.4 cm³/mol. The normalized spacial score (nSPS) is 34.3. The van der Waals surface area contributed by atoms with Crippen LogP contribution in [-0.2, 0) is 21.5 Å². The van der Waals surface area contributed by atoms with Crippen LogP contribution in [0.3, 0.4) is 0 Å². The molecule has 1 saturated heterocycles. The summed E-state index contributed by atoms with van der Waals surface area (Å²) in [5.41, 5.74) is 3.01. The van der Waals surface area contributed by atoms with Gasteiger partial charge in [0, 0.05) is 35.5 Å². The molecule has 2 N–H and O–H groups in total. The zero-order valence-electron chi connectivity index (χ0n) is 13.6. The van der Waals surface area contributed by atoms with Crippen LogP contribution in [0.15, 0.2) is 24.3 Å². The van der Waals surface area contributed by atoms with Crippen molar-refractivity contribution >= 4 is 22.8 Å². The molecule has 1 saturated carbocycles. The lowest BCUT2D eigenvalue weighted by Gasteiger charge is -2.43. The zero-order chi connectivity index (χ0) is 16.6. The van der Waals surface area contributed by atoms with Gasteiger partial charge in [-0.3, -0.25) is 9.59 Å². The lowest BCUT2D eigenvalue weighted by molar-refractivity contribution is -0.144. The Morgan fingerprint density at radius 3 is 2.96 bits per heavy atom. The van der Waals surface area contributed by atoms with Crippen molar-refractivity contribution in [3.05, 3.63) is 35.5 Å². The monoisotopic (exact) mass is 324 g/mol. The number of aliphatic carboxylic acids is 1. The molecule has 0 bridgehead atoms. The van der Waals surface area contributed by atoms with Crippen molar-refractivity contribution in [2.24, 2.45) is 17.8 Å². The number of hydrogen-bond donors (Lipinski definition) is 2. The minimum Gasteiger partial charge on any atom is -0.481 e. The molecule has 1 amide bonds. The fourth-order valence-electron chi connectivity index (χ4n) is 5.80. The Labute approximate surface area is 139 Å². The number of fused-ring (bicyclic) bond motifs is 3. The quantitative estimate of drug-likeness (QED) is 0.846. The van der Waals surface area contributed by atoms with E-state index in [9.17, 15) is 14.7 Å². The van der Waals surface area contributed by atoms with Gasteiger partial charge in [0.2, 0.25) is 5.91 Å². The third-order valence-electron chi connectivity index (χ3n) is 6.59. The highest BCUT2D eigenvalue weighted by atomic mass is 16.4. The first-order valence-corrected chi connectivity index (χ1v) is 8.67. The van der Waals surface area contributed by atoms with Crippen LogP contribution in [0.4, 0.5) is 0 Å². The summed E-state index contributed by atoms with van der Waals surface area (Å²) < 4.78 is 0. The van der Waals surface area contributed by atoms with Crippen LogP contribution >= 0.6 is 0 Å². The van der Waals surface area contributed by atoms with Gasteiger partial charge in [0.05, 0.1) is 11.5 Å². The lowest BCUT2D eigenvalue weighted by atomic mass is 9.77. The Morgan fingerprint density at radius 2 is 2.17 bits per heavy atom. The molecule has 1 aromatic heterocycles. The van der Waals surface area contributed by atoms with Crippen molar-refractivity contribution in [2.45, 2.75) is 31.7 Å². The molecule has 5 nitrogen and oxygen atoms in total. The summed E-state index contributed by atoms with van der Waals surface area (Å²) in [6, 6.07) is 8.23. The summed E-state index contributed by atoms with van der Waals surface area (Å²) in [4.78, 5) is 30.1. The van der Waals surface area contributed by atoms with E-state index in [1.54, 1.807) is 0 Å². The van der Waals surface area contributed by atoms with Crippen LogP contribution in [0.25, 0.3) is 10.9 Å². The first-order valence-electron chi connectivity index (χ1n) is 8.67. The van der Waals surface area contributed by atoms with Gasteiger partial charge in [0.15, 0.2) is 0 Å². The largest absolute Gasteiger partial charge is 0.481 e. The highest BCUT2D eigenvalue weighted by Crippen LogP contribution is 2.61.